The van der Waals surface area contributed by atoms with Gasteiger partial charge < -0.3 is 5.32 Å². The number of piperidine rings is 1. The minimum atomic E-state index is 0.367. The van der Waals surface area contributed by atoms with Crippen LogP contribution in [0.1, 0.15) is 43.2 Å². The molecular formula is C16H23NO. The molecule has 1 saturated heterocycles. The molecule has 18 heavy (non-hydrogen) atoms. The van der Waals surface area contributed by atoms with Crippen LogP contribution < -0.4 is 5.32 Å². The van der Waals surface area contributed by atoms with Gasteiger partial charge in [-0.05, 0) is 38.3 Å². The monoisotopic (exact) mass is 245 g/mol. The second-order valence-electron chi connectivity index (χ2n) is 5.39. The van der Waals surface area contributed by atoms with Crippen molar-refractivity contribution in [2.75, 3.05) is 6.54 Å². The van der Waals surface area contributed by atoms with E-state index in [1.54, 1.807) is 0 Å². The Hall–Kier alpha value is -1.15. The van der Waals surface area contributed by atoms with Gasteiger partial charge in [-0.15, -0.1) is 0 Å². The van der Waals surface area contributed by atoms with Gasteiger partial charge in [-0.2, -0.15) is 0 Å². The van der Waals surface area contributed by atoms with Crippen LogP contribution in [-0.2, 0) is 11.2 Å². The van der Waals surface area contributed by atoms with Crippen molar-refractivity contribution in [3.05, 3.63) is 35.4 Å². The Kier molecular flexibility index (Phi) is 4.94. The molecule has 0 saturated carbocycles. The number of carbonyl (C=O) groups is 1. The molecule has 1 atom stereocenters. The van der Waals surface area contributed by atoms with Gasteiger partial charge in [-0.25, -0.2) is 0 Å². The van der Waals surface area contributed by atoms with E-state index < -0.39 is 0 Å². The topological polar surface area (TPSA) is 29.1 Å². The van der Waals surface area contributed by atoms with E-state index in [9.17, 15) is 4.79 Å². The second-order valence-corrected chi connectivity index (χ2v) is 5.39. The summed E-state index contributed by atoms with van der Waals surface area (Å²) in [4.78, 5) is 11.9. The van der Waals surface area contributed by atoms with Gasteiger partial charge in [0.15, 0.2) is 0 Å². The molecule has 0 radical (unpaired) electrons. The Balaban J connectivity index is 1.73. The van der Waals surface area contributed by atoms with Gasteiger partial charge in [0.25, 0.3) is 0 Å². The summed E-state index contributed by atoms with van der Waals surface area (Å²) in [6.45, 7) is 3.19. The molecule has 0 aliphatic carbocycles. The molecule has 0 bridgehead atoms. The highest BCUT2D eigenvalue weighted by atomic mass is 16.1. The Morgan fingerprint density at radius 1 is 1.28 bits per heavy atom. The lowest BCUT2D eigenvalue weighted by Gasteiger charge is -2.22. The van der Waals surface area contributed by atoms with Crippen LogP contribution in [0.3, 0.4) is 0 Å². The van der Waals surface area contributed by atoms with Crippen molar-refractivity contribution in [3.8, 4) is 0 Å². The van der Waals surface area contributed by atoms with Gasteiger partial charge in [0.05, 0.1) is 0 Å². The SMILES string of the molecule is Cc1ccc(CC(=O)CCC2CCCCN2)cc1. The van der Waals surface area contributed by atoms with E-state index in [0.29, 0.717) is 24.7 Å². The highest BCUT2D eigenvalue weighted by Gasteiger charge is 2.14. The number of carbonyl (C=O) groups excluding carboxylic acids is 1. The molecule has 1 N–H and O–H groups in total. The predicted molar refractivity (Wildman–Crippen MR) is 74.8 cm³/mol. The predicted octanol–water partition coefficient (Wildman–Crippen LogP) is 3.03. The van der Waals surface area contributed by atoms with Crippen LogP contribution in [0.15, 0.2) is 24.3 Å². The lowest BCUT2D eigenvalue weighted by atomic mass is 9.97. The first-order chi connectivity index (χ1) is 8.74. The molecule has 2 nitrogen and oxygen atoms in total. The first-order valence-corrected chi connectivity index (χ1v) is 7.04. The lowest BCUT2D eigenvalue weighted by Crippen LogP contribution is -2.34. The van der Waals surface area contributed by atoms with Gasteiger partial charge in [0.2, 0.25) is 0 Å². The molecule has 2 heteroatoms. The minimum Gasteiger partial charge on any atom is -0.314 e. The molecule has 1 unspecified atom stereocenters. The van der Waals surface area contributed by atoms with E-state index in [1.165, 1.54) is 24.8 Å². The van der Waals surface area contributed by atoms with Crippen molar-refractivity contribution in [2.45, 2.75) is 51.5 Å². The normalized spacial score (nSPS) is 19.7. The van der Waals surface area contributed by atoms with Crippen LogP contribution in [-0.4, -0.2) is 18.4 Å². The Labute approximate surface area is 110 Å². The summed E-state index contributed by atoms with van der Waals surface area (Å²) in [6.07, 6.45) is 6.14. The van der Waals surface area contributed by atoms with E-state index in [1.807, 2.05) is 0 Å². The highest BCUT2D eigenvalue weighted by molar-refractivity contribution is 5.80. The number of rotatable bonds is 5. The Morgan fingerprint density at radius 3 is 2.72 bits per heavy atom. The molecule has 1 aliphatic rings. The maximum Gasteiger partial charge on any atom is 0.137 e. The molecule has 0 spiro atoms. The fourth-order valence-electron chi connectivity index (χ4n) is 2.53. The van der Waals surface area contributed by atoms with Gasteiger partial charge in [-0.1, -0.05) is 36.2 Å². The Bertz CT molecular complexity index is 377. The van der Waals surface area contributed by atoms with E-state index in [2.05, 4.69) is 36.5 Å². The summed E-state index contributed by atoms with van der Waals surface area (Å²) in [5.41, 5.74) is 2.39. The minimum absolute atomic E-state index is 0.367. The summed E-state index contributed by atoms with van der Waals surface area (Å²) in [7, 11) is 0. The third kappa shape index (κ3) is 4.26. The second kappa shape index (κ2) is 6.69. The van der Waals surface area contributed by atoms with E-state index >= 15 is 0 Å². The largest absolute Gasteiger partial charge is 0.314 e. The van der Waals surface area contributed by atoms with Crippen LogP contribution in [0.25, 0.3) is 0 Å². The average Bonchev–Trinajstić information content (AvgIpc) is 2.40. The number of benzene rings is 1. The van der Waals surface area contributed by atoms with Crippen molar-refractivity contribution in [3.63, 3.8) is 0 Å². The fraction of sp³-hybridized carbons (Fsp3) is 0.562. The molecule has 2 rings (SSSR count). The maximum absolute atomic E-state index is 11.9. The zero-order valence-corrected chi connectivity index (χ0v) is 11.2. The zero-order valence-electron chi connectivity index (χ0n) is 11.2. The summed E-state index contributed by atoms with van der Waals surface area (Å²) >= 11 is 0. The van der Waals surface area contributed by atoms with Crippen molar-refractivity contribution < 1.29 is 4.79 Å². The number of aryl methyl sites for hydroxylation is 1. The summed E-state index contributed by atoms with van der Waals surface area (Å²) in [6, 6.07) is 8.84. The summed E-state index contributed by atoms with van der Waals surface area (Å²) < 4.78 is 0. The summed E-state index contributed by atoms with van der Waals surface area (Å²) in [5, 5.41) is 3.49. The molecule has 1 aromatic rings. The first-order valence-electron chi connectivity index (χ1n) is 7.04. The molecule has 0 aromatic heterocycles. The molecular weight excluding hydrogens is 222 g/mol. The van der Waals surface area contributed by atoms with Crippen LogP contribution >= 0.6 is 0 Å². The van der Waals surface area contributed by atoms with Crippen LogP contribution in [0.2, 0.25) is 0 Å². The summed E-state index contributed by atoms with van der Waals surface area (Å²) in [5.74, 6) is 0.367. The zero-order chi connectivity index (χ0) is 12.8. The molecule has 0 amide bonds. The lowest BCUT2D eigenvalue weighted by molar-refractivity contribution is -0.118. The molecule has 1 aromatic carbocycles. The number of nitrogens with one attached hydrogen (secondary N) is 1. The third-order valence-electron chi connectivity index (χ3n) is 3.71. The van der Waals surface area contributed by atoms with Crippen molar-refractivity contribution >= 4 is 5.78 Å². The van der Waals surface area contributed by atoms with Gasteiger partial charge in [0.1, 0.15) is 5.78 Å². The van der Waals surface area contributed by atoms with Gasteiger partial charge >= 0.3 is 0 Å². The molecule has 1 heterocycles. The quantitative estimate of drug-likeness (QED) is 0.864. The Morgan fingerprint density at radius 2 is 2.06 bits per heavy atom. The molecule has 1 aliphatic heterocycles. The smallest absolute Gasteiger partial charge is 0.137 e. The average molecular weight is 245 g/mol. The van der Waals surface area contributed by atoms with Gasteiger partial charge in [0, 0.05) is 18.9 Å². The number of hydrogen-bond donors (Lipinski definition) is 1. The first kappa shape index (κ1) is 13.3. The van der Waals surface area contributed by atoms with E-state index in [-0.39, 0.29) is 0 Å². The standard InChI is InChI=1S/C16H23NO/c1-13-5-7-14(8-6-13)12-16(18)10-9-15-4-2-3-11-17-15/h5-8,15,17H,2-4,9-12H2,1H3. The molecule has 98 valence electrons. The van der Waals surface area contributed by atoms with Crippen molar-refractivity contribution in [1.29, 1.82) is 0 Å². The number of hydrogen-bond acceptors (Lipinski definition) is 2. The number of Topliss-reactive ketones (excluding diaryl/α,β-unsaturated/α-hetero) is 1. The highest BCUT2D eigenvalue weighted by Crippen LogP contribution is 2.13. The van der Waals surface area contributed by atoms with Crippen LogP contribution in [0, 0.1) is 6.92 Å². The van der Waals surface area contributed by atoms with Crippen LogP contribution in [0.5, 0.6) is 0 Å². The van der Waals surface area contributed by atoms with Crippen molar-refractivity contribution in [1.82, 2.24) is 5.32 Å². The van der Waals surface area contributed by atoms with Crippen LogP contribution in [0.4, 0.5) is 0 Å². The maximum atomic E-state index is 11.9. The van der Waals surface area contributed by atoms with Crippen molar-refractivity contribution in [2.24, 2.45) is 0 Å². The van der Waals surface area contributed by atoms with E-state index in [0.717, 1.165) is 18.5 Å². The number of ketones is 1. The third-order valence-corrected chi connectivity index (χ3v) is 3.71. The van der Waals surface area contributed by atoms with Gasteiger partial charge in [-0.3, -0.25) is 4.79 Å². The van der Waals surface area contributed by atoms with E-state index in [4.69, 9.17) is 0 Å². The fourth-order valence-corrected chi connectivity index (χ4v) is 2.53. The molecule has 1 fully saturated rings.